The number of pyridine rings is 1. The molecule has 0 radical (unpaired) electrons. The van der Waals surface area contributed by atoms with Crippen molar-refractivity contribution in [1.82, 2.24) is 25.4 Å². The van der Waals surface area contributed by atoms with Crippen molar-refractivity contribution in [2.24, 2.45) is 0 Å². The fourth-order valence-electron chi connectivity index (χ4n) is 2.81. The van der Waals surface area contributed by atoms with E-state index in [1.54, 1.807) is 12.1 Å². The lowest BCUT2D eigenvalue weighted by Crippen LogP contribution is -2.33. The van der Waals surface area contributed by atoms with Crippen molar-refractivity contribution in [3.8, 4) is 0 Å². The summed E-state index contributed by atoms with van der Waals surface area (Å²) in [5, 5.41) is 14.0. The number of nitrogens with one attached hydrogen (secondary N) is 2. The Morgan fingerprint density at radius 1 is 1.23 bits per heavy atom. The Labute approximate surface area is 151 Å². The number of hydrogen-bond acceptors (Lipinski definition) is 7. The number of aromatic nitrogens is 1. The number of aliphatic hydroxyl groups is 1. The molecule has 0 saturated carbocycles. The van der Waals surface area contributed by atoms with Gasteiger partial charge in [0, 0.05) is 32.2 Å². The molecule has 3 amide bonds. The second-order valence-electron chi connectivity index (χ2n) is 6.53. The maximum absolute atomic E-state index is 11.8. The van der Waals surface area contributed by atoms with E-state index < -0.39 is 18.0 Å². The van der Waals surface area contributed by atoms with E-state index in [9.17, 15) is 14.7 Å². The fourth-order valence-corrected chi connectivity index (χ4v) is 2.81. The molecule has 3 rings (SSSR count). The van der Waals surface area contributed by atoms with Gasteiger partial charge >= 0.3 is 6.03 Å². The number of imide groups is 1. The van der Waals surface area contributed by atoms with Crippen LogP contribution in [0.25, 0.3) is 11.1 Å². The first-order chi connectivity index (χ1) is 12.5. The monoisotopic (exact) mass is 361 g/mol. The molecule has 0 spiro atoms. The van der Waals surface area contributed by atoms with Gasteiger partial charge in [-0.25, -0.2) is 9.78 Å². The van der Waals surface area contributed by atoms with Crippen molar-refractivity contribution in [3.05, 3.63) is 29.7 Å². The number of rotatable bonds is 8. The largest absolute Gasteiger partial charge is 0.457 e. The van der Waals surface area contributed by atoms with Crippen molar-refractivity contribution in [3.63, 3.8) is 0 Å². The third-order valence-corrected chi connectivity index (χ3v) is 4.17. The molecular formula is C17H23N5O4. The minimum atomic E-state index is -0.828. The molecule has 0 bridgehead atoms. The number of amides is 3. The van der Waals surface area contributed by atoms with Crippen LogP contribution in [0.4, 0.5) is 4.79 Å². The number of carbonyl (C=O) groups is 2. The molecule has 0 aliphatic carbocycles. The Morgan fingerprint density at radius 3 is 2.69 bits per heavy atom. The van der Waals surface area contributed by atoms with E-state index in [0.717, 1.165) is 18.8 Å². The number of urea groups is 1. The van der Waals surface area contributed by atoms with E-state index in [1.165, 1.54) is 0 Å². The highest BCUT2D eigenvalue weighted by atomic mass is 16.3. The Bertz CT molecular complexity index is 804. The van der Waals surface area contributed by atoms with Gasteiger partial charge in [0.1, 0.15) is 11.3 Å². The number of nitrogens with zero attached hydrogens (tertiary/aromatic N) is 3. The highest BCUT2D eigenvalue weighted by Gasteiger charge is 2.33. The van der Waals surface area contributed by atoms with Gasteiger partial charge in [0.25, 0.3) is 5.91 Å². The summed E-state index contributed by atoms with van der Waals surface area (Å²) in [5.74, 6) is -0.0834. The van der Waals surface area contributed by atoms with E-state index in [2.05, 4.69) is 25.4 Å². The van der Waals surface area contributed by atoms with Gasteiger partial charge in [-0.1, -0.05) is 0 Å². The normalized spacial score (nSPS) is 17.3. The Hall–Kier alpha value is -2.49. The molecule has 9 heteroatoms. The van der Waals surface area contributed by atoms with E-state index in [4.69, 9.17) is 4.42 Å². The summed E-state index contributed by atoms with van der Waals surface area (Å²) in [6.07, 6.45) is 0. The van der Waals surface area contributed by atoms with E-state index in [1.807, 2.05) is 20.2 Å². The van der Waals surface area contributed by atoms with Gasteiger partial charge in [-0.05, 0) is 26.2 Å². The smallest absolute Gasteiger partial charge is 0.322 e. The lowest BCUT2D eigenvalue weighted by molar-refractivity contribution is -0.120. The second kappa shape index (κ2) is 7.81. The maximum atomic E-state index is 11.8. The van der Waals surface area contributed by atoms with Gasteiger partial charge in [-0.2, -0.15) is 0 Å². The minimum absolute atomic E-state index is 0.0853. The molecule has 1 fully saturated rings. The van der Waals surface area contributed by atoms with Crippen molar-refractivity contribution in [2.75, 3.05) is 40.3 Å². The van der Waals surface area contributed by atoms with Crippen molar-refractivity contribution in [1.29, 1.82) is 0 Å². The number of likely N-dealkylation sites (N-methyl/N-ethyl adjacent to an activating group) is 1. The zero-order valence-electron chi connectivity index (χ0n) is 14.9. The summed E-state index contributed by atoms with van der Waals surface area (Å²) in [6, 6.07) is 3.98. The zero-order valence-corrected chi connectivity index (χ0v) is 14.9. The molecule has 2 aromatic rings. The summed E-state index contributed by atoms with van der Waals surface area (Å²) >= 11 is 0. The molecule has 1 aliphatic heterocycles. The lowest BCUT2D eigenvalue weighted by atomic mass is 10.2. The minimum Gasteiger partial charge on any atom is -0.457 e. The van der Waals surface area contributed by atoms with Crippen LogP contribution < -0.4 is 10.6 Å². The van der Waals surface area contributed by atoms with Crippen LogP contribution >= 0.6 is 0 Å². The summed E-state index contributed by atoms with van der Waals surface area (Å²) in [4.78, 5) is 31.8. The summed E-state index contributed by atoms with van der Waals surface area (Å²) in [6.45, 7) is 2.96. The van der Waals surface area contributed by atoms with E-state index >= 15 is 0 Å². The summed E-state index contributed by atoms with van der Waals surface area (Å²) in [5.41, 5.74) is 2.03. The first-order valence-corrected chi connectivity index (χ1v) is 8.45. The Morgan fingerprint density at radius 2 is 2.04 bits per heavy atom. The molecule has 140 valence electrons. The quantitative estimate of drug-likeness (QED) is 0.570. The molecule has 9 nitrogen and oxygen atoms in total. The topological polar surface area (TPSA) is 111 Å². The molecule has 1 aliphatic rings. The molecule has 1 atom stereocenters. The third-order valence-electron chi connectivity index (χ3n) is 4.17. The van der Waals surface area contributed by atoms with Gasteiger partial charge in [0.15, 0.2) is 11.6 Å². The SMILES string of the molecule is CN(C)CCN(CCO)Cc1ccc2oc(C3NC(=O)NC3=O)cc2n1. The second-order valence-corrected chi connectivity index (χ2v) is 6.53. The third kappa shape index (κ3) is 4.18. The van der Waals surface area contributed by atoms with Gasteiger partial charge in [0.05, 0.1) is 12.3 Å². The van der Waals surface area contributed by atoms with Gasteiger partial charge in [0.2, 0.25) is 0 Å². The number of aliphatic hydroxyl groups excluding tert-OH is 1. The van der Waals surface area contributed by atoms with Gasteiger partial charge in [-0.3, -0.25) is 15.0 Å². The molecular weight excluding hydrogens is 338 g/mol. The van der Waals surface area contributed by atoms with Gasteiger partial charge < -0.3 is 19.7 Å². The molecule has 3 N–H and O–H groups in total. The van der Waals surface area contributed by atoms with E-state index in [-0.39, 0.29) is 6.61 Å². The van der Waals surface area contributed by atoms with Crippen LogP contribution in [0.5, 0.6) is 0 Å². The predicted octanol–water partition coefficient (Wildman–Crippen LogP) is 0.0642. The Kier molecular flexibility index (Phi) is 5.50. The number of carbonyl (C=O) groups excluding carboxylic acids is 2. The Balaban J connectivity index is 1.76. The molecule has 0 aromatic carbocycles. The fraction of sp³-hybridized carbons (Fsp3) is 0.471. The van der Waals surface area contributed by atoms with Crippen LogP contribution in [0.15, 0.2) is 22.6 Å². The maximum Gasteiger partial charge on any atom is 0.322 e. The van der Waals surface area contributed by atoms with Gasteiger partial charge in [-0.15, -0.1) is 0 Å². The van der Waals surface area contributed by atoms with Crippen LogP contribution in [0.3, 0.4) is 0 Å². The van der Waals surface area contributed by atoms with Crippen LogP contribution in [0.2, 0.25) is 0 Å². The van der Waals surface area contributed by atoms with Crippen LogP contribution in [-0.2, 0) is 11.3 Å². The first-order valence-electron chi connectivity index (χ1n) is 8.45. The van der Waals surface area contributed by atoms with Crippen molar-refractivity contribution < 1.29 is 19.1 Å². The summed E-state index contributed by atoms with van der Waals surface area (Å²) in [7, 11) is 4.01. The van der Waals surface area contributed by atoms with Crippen LogP contribution in [0.1, 0.15) is 17.5 Å². The number of furan rings is 1. The zero-order chi connectivity index (χ0) is 18.7. The average Bonchev–Trinajstić information content (AvgIpc) is 3.14. The molecule has 1 saturated heterocycles. The van der Waals surface area contributed by atoms with Crippen molar-refractivity contribution in [2.45, 2.75) is 12.6 Å². The van der Waals surface area contributed by atoms with Crippen molar-refractivity contribution >= 4 is 23.0 Å². The van der Waals surface area contributed by atoms with E-state index in [0.29, 0.717) is 29.9 Å². The average molecular weight is 361 g/mol. The highest BCUT2D eigenvalue weighted by molar-refractivity contribution is 6.04. The standard InChI is InChI=1S/C17H23N5O4/c1-21(2)5-6-22(7-8-23)10-11-3-4-13-12(18-11)9-14(26-13)15-16(24)20-17(25)19-15/h3-4,9,15,23H,5-8,10H2,1-2H3,(H2,19,20,24,25). The molecule has 1 unspecified atom stereocenters. The molecule has 2 aromatic heterocycles. The summed E-state index contributed by atoms with van der Waals surface area (Å²) < 4.78 is 5.66. The molecule has 3 heterocycles. The number of hydrogen-bond donors (Lipinski definition) is 3. The lowest BCUT2D eigenvalue weighted by Gasteiger charge is -2.22. The first kappa shape index (κ1) is 18.3. The van der Waals surface area contributed by atoms with Crippen LogP contribution in [0, 0.1) is 0 Å². The highest BCUT2D eigenvalue weighted by Crippen LogP contribution is 2.25. The van der Waals surface area contributed by atoms with Crippen LogP contribution in [-0.4, -0.2) is 72.2 Å². The molecule has 26 heavy (non-hydrogen) atoms. The predicted molar refractivity (Wildman–Crippen MR) is 94.3 cm³/mol. The number of fused-ring (bicyclic) bond motifs is 1.